The van der Waals surface area contributed by atoms with E-state index in [9.17, 15) is 4.79 Å². The predicted octanol–water partition coefficient (Wildman–Crippen LogP) is 2.09. The van der Waals surface area contributed by atoms with Gasteiger partial charge in [0.05, 0.1) is 13.0 Å². The third kappa shape index (κ3) is 3.64. The molecule has 0 radical (unpaired) electrons. The Morgan fingerprint density at radius 3 is 2.67 bits per heavy atom. The molecule has 0 aliphatic rings. The molecule has 1 amide bonds. The number of halogens is 1. The number of fused-ring (bicyclic) bond motifs is 1. The molecule has 2 heterocycles. The molecule has 0 aliphatic carbocycles. The molecule has 0 bridgehead atoms. The van der Waals surface area contributed by atoms with Crippen molar-refractivity contribution in [3.63, 3.8) is 0 Å². The first-order chi connectivity index (χ1) is 9.84. The minimum atomic E-state index is -0.292. The van der Waals surface area contributed by atoms with Crippen molar-refractivity contribution in [2.75, 3.05) is 7.11 Å². The van der Waals surface area contributed by atoms with E-state index in [0.29, 0.717) is 22.9 Å². The molecule has 0 saturated carbocycles. The van der Waals surface area contributed by atoms with Crippen LogP contribution in [0.5, 0.6) is 5.88 Å². The zero-order chi connectivity index (χ0) is 15.6. The highest BCUT2D eigenvalue weighted by molar-refractivity contribution is 6.16. The Labute approximate surface area is 128 Å². The van der Waals surface area contributed by atoms with Crippen LogP contribution in [-0.4, -0.2) is 33.1 Å². The normalized spacial score (nSPS) is 11.7. The van der Waals surface area contributed by atoms with E-state index in [1.807, 2.05) is 20.8 Å². The zero-order valence-electron chi connectivity index (χ0n) is 12.6. The number of carbonyl (C=O) groups excluding carboxylic acids is 1. The van der Waals surface area contributed by atoms with E-state index < -0.39 is 0 Å². The van der Waals surface area contributed by atoms with Gasteiger partial charge in [-0.1, -0.05) is 0 Å². The van der Waals surface area contributed by atoms with Gasteiger partial charge in [-0.25, -0.2) is 4.98 Å². The summed E-state index contributed by atoms with van der Waals surface area (Å²) in [6.45, 7) is 5.91. The second-order valence-corrected chi connectivity index (χ2v) is 6.01. The van der Waals surface area contributed by atoms with E-state index in [-0.39, 0.29) is 23.9 Å². The third-order valence-electron chi connectivity index (χ3n) is 2.79. The Morgan fingerprint density at radius 1 is 1.38 bits per heavy atom. The van der Waals surface area contributed by atoms with E-state index in [1.165, 1.54) is 0 Å². The number of imidazole rings is 1. The van der Waals surface area contributed by atoms with Gasteiger partial charge in [0, 0.05) is 11.6 Å². The van der Waals surface area contributed by atoms with Gasteiger partial charge >= 0.3 is 0 Å². The van der Waals surface area contributed by atoms with Crippen molar-refractivity contribution in [2.45, 2.75) is 38.7 Å². The van der Waals surface area contributed by atoms with E-state index in [1.54, 1.807) is 23.8 Å². The maximum Gasteiger partial charge on any atom is 0.240 e. The Hall–Kier alpha value is -1.82. The van der Waals surface area contributed by atoms with Crippen molar-refractivity contribution in [2.24, 2.45) is 0 Å². The molecule has 0 aliphatic heterocycles. The average molecular weight is 311 g/mol. The molecule has 2 aromatic rings. The topological polar surface area (TPSA) is 69.0 Å². The lowest BCUT2D eigenvalue weighted by molar-refractivity contribution is -0.123. The molecule has 0 atom stereocenters. The van der Waals surface area contributed by atoms with Gasteiger partial charge in [-0.2, -0.15) is 4.98 Å². The molecule has 0 aromatic carbocycles. The quantitative estimate of drug-likeness (QED) is 0.878. The first-order valence-corrected chi connectivity index (χ1v) is 7.14. The van der Waals surface area contributed by atoms with Crippen LogP contribution in [0.15, 0.2) is 12.1 Å². The summed E-state index contributed by atoms with van der Waals surface area (Å²) in [6.07, 6.45) is 0. The number of carbonyl (C=O) groups is 1. The number of nitrogens with zero attached hydrogens (tertiary/aromatic N) is 3. The van der Waals surface area contributed by atoms with Gasteiger partial charge in [-0.15, -0.1) is 11.6 Å². The highest BCUT2D eigenvalue weighted by Gasteiger charge is 2.18. The number of hydrogen-bond donors (Lipinski definition) is 1. The summed E-state index contributed by atoms with van der Waals surface area (Å²) in [6, 6.07) is 3.53. The van der Waals surface area contributed by atoms with Crippen LogP contribution in [0.3, 0.4) is 0 Å². The van der Waals surface area contributed by atoms with E-state index in [0.717, 1.165) is 0 Å². The van der Waals surface area contributed by atoms with Gasteiger partial charge in [0.15, 0.2) is 5.65 Å². The SMILES string of the molecule is COc1ccc2nc(CCl)n(CC(=O)NC(C)(C)C)c2n1. The number of alkyl halides is 1. The van der Waals surface area contributed by atoms with Gasteiger partial charge in [0.25, 0.3) is 0 Å². The fourth-order valence-electron chi connectivity index (χ4n) is 2.01. The Balaban J connectivity index is 2.38. The van der Waals surface area contributed by atoms with Crippen molar-refractivity contribution in [1.82, 2.24) is 19.9 Å². The van der Waals surface area contributed by atoms with Crippen LogP contribution in [0.4, 0.5) is 0 Å². The maximum atomic E-state index is 12.1. The Kier molecular flexibility index (Phi) is 4.37. The summed E-state index contributed by atoms with van der Waals surface area (Å²) in [5.41, 5.74) is 0.990. The largest absolute Gasteiger partial charge is 0.481 e. The number of ether oxygens (including phenoxy) is 1. The lowest BCUT2D eigenvalue weighted by Gasteiger charge is -2.21. The van der Waals surface area contributed by atoms with Gasteiger partial charge in [-0.3, -0.25) is 4.79 Å². The molecule has 114 valence electrons. The number of methoxy groups -OCH3 is 1. The van der Waals surface area contributed by atoms with Gasteiger partial charge in [0.1, 0.15) is 17.9 Å². The van der Waals surface area contributed by atoms with Crippen LogP contribution in [0.1, 0.15) is 26.6 Å². The second-order valence-electron chi connectivity index (χ2n) is 5.74. The summed E-state index contributed by atoms with van der Waals surface area (Å²) in [7, 11) is 1.55. The monoisotopic (exact) mass is 310 g/mol. The number of amides is 1. The van der Waals surface area contributed by atoms with Crippen LogP contribution in [0.2, 0.25) is 0 Å². The van der Waals surface area contributed by atoms with Crippen molar-refractivity contribution in [1.29, 1.82) is 0 Å². The smallest absolute Gasteiger partial charge is 0.240 e. The van der Waals surface area contributed by atoms with Crippen molar-refractivity contribution >= 4 is 28.7 Å². The van der Waals surface area contributed by atoms with E-state index in [2.05, 4.69) is 15.3 Å². The van der Waals surface area contributed by atoms with Crippen LogP contribution in [-0.2, 0) is 17.2 Å². The number of rotatable bonds is 4. The molecule has 0 fully saturated rings. The minimum absolute atomic E-state index is 0.113. The molecule has 21 heavy (non-hydrogen) atoms. The van der Waals surface area contributed by atoms with Crippen LogP contribution in [0.25, 0.3) is 11.2 Å². The first kappa shape index (κ1) is 15.6. The molecule has 6 nitrogen and oxygen atoms in total. The summed E-state index contributed by atoms with van der Waals surface area (Å²) >= 11 is 5.92. The zero-order valence-corrected chi connectivity index (χ0v) is 13.4. The maximum absolute atomic E-state index is 12.1. The van der Waals surface area contributed by atoms with Gasteiger partial charge in [-0.05, 0) is 26.8 Å². The van der Waals surface area contributed by atoms with Gasteiger partial charge in [0.2, 0.25) is 11.8 Å². The first-order valence-electron chi connectivity index (χ1n) is 6.61. The molecule has 2 aromatic heterocycles. The molecular weight excluding hydrogens is 292 g/mol. The number of hydrogen-bond acceptors (Lipinski definition) is 4. The van der Waals surface area contributed by atoms with Crippen molar-refractivity contribution < 1.29 is 9.53 Å². The Morgan fingerprint density at radius 2 is 2.10 bits per heavy atom. The molecule has 0 spiro atoms. The molecular formula is C14H19ClN4O2. The van der Waals surface area contributed by atoms with Crippen LogP contribution < -0.4 is 10.1 Å². The number of nitrogens with one attached hydrogen (secondary N) is 1. The fraction of sp³-hybridized carbons (Fsp3) is 0.500. The molecule has 7 heteroatoms. The minimum Gasteiger partial charge on any atom is -0.481 e. The summed E-state index contributed by atoms with van der Waals surface area (Å²) in [5.74, 6) is 1.18. The standard InChI is InChI=1S/C14H19ClN4O2/c1-14(2,3)18-11(20)8-19-10(7-15)16-9-5-6-12(21-4)17-13(9)19/h5-6H,7-8H2,1-4H3,(H,18,20). The fourth-order valence-corrected chi connectivity index (χ4v) is 2.22. The lowest BCUT2D eigenvalue weighted by Crippen LogP contribution is -2.42. The highest BCUT2D eigenvalue weighted by Crippen LogP contribution is 2.19. The lowest BCUT2D eigenvalue weighted by atomic mass is 10.1. The van der Waals surface area contributed by atoms with Crippen LogP contribution in [0, 0.1) is 0 Å². The number of aromatic nitrogens is 3. The summed E-state index contributed by atoms with van der Waals surface area (Å²) in [5, 5.41) is 2.91. The Bertz CT molecular complexity index is 661. The molecule has 0 saturated heterocycles. The second kappa shape index (κ2) is 5.89. The number of pyridine rings is 1. The summed E-state index contributed by atoms with van der Waals surface area (Å²) in [4.78, 5) is 20.9. The van der Waals surface area contributed by atoms with E-state index >= 15 is 0 Å². The average Bonchev–Trinajstić information content (AvgIpc) is 2.73. The highest BCUT2D eigenvalue weighted by atomic mass is 35.5. The van der Waals surface area contributed by atoms with Crippen molar-refractivity contribution in [3.05, 3.63) is 18.0 Å². The van der Waals surface area contributed by atoms with Crippen molar-refractivity contribution in [3.8, 4) is 5.88 Å². The third-order valence-corrected chi connectivity index (χ3v) is 3.03. The van der Waals surface area contributed by atoms with Crippen LogP contribution >= 0.6 is 11.6 Å². The molecule has 1 N–H and O–H groups in total. The summed E-state index contributed by atoms with van der Waals surface area (Å²) < 4.78 is 6.83. The predicted molar refractivity (Wildman–Crippen MR) is 81.5 cm³/mol. The molecule has 0 unspecified atom stereocenters. The van der Waals surface area contributed by atoms with Gasteiger partial charge < -0.3 is 14.6 Å². The molecule has 2 rings (SSSR count). The van der Waals surface area contributed by atoms with E-state index in [4.69, 9.17) is 16.3 Å².